The van der Waals surface area contributed by atoms with Crippen molar-refractivity contribution in [1.29, 1.82) is 0 Å². The first-order valence-corrected chi connectivity index (χ1v) is 8.67. The first-order chi connectivity index (χ1) is 11.6. The average molecular weight is 327 g/mol. The van der Waals surface area contributed by atoms with E-state index in [0.29, 0.717) is 19.5 Å². The minimum Gasteiger partial charge on any atom is -0.332 e. The van der Waals surface area contributed by atoms with Crippen LogP contribution in [0.4, 0.5) is 10.5 Å². The molecule has 5 heteroatoms. The molecule has 2 aliphatic rings. The molecule has 0 aromatic heterocycles. The van der Waals surface area contributed by atoms with Gasteiger partial charge in [-0.05, 0) is 37.8 Å². The Hall–Kier alpha value is -2.30. The fourth-order valence-corrected chi connectivity index (χ4v) is 3.96. The van der Waals surface area contributed by atoms with Gasteiger partial charge in [-0.25, -0.2) is 4.79 Å². The molecule has 2 saturated heterocycles. The number of urea groups is 1. The zero-order chi connectivity index (χ0) is 17.0. The maximum atomic E-state index is 12.6. The predicted octanol–water partition coefficient (Wildman–Crippen LogP) is 3.25. The number of para-hydroxylation sites is 1. The van der Waals surface area contributed by atoms with Crippen LogP contribution in [0.2, 0.25) is 0 Å². The van der Waals surface area contributed by atoms with E-state index in [-0.39, 0.29) is 17.5 Å². The van der Waals surface area contributed by atoms with Gasteiger partial charge in [-0.15, -0.1) is 6.58 Å². The van der Waals surface area contributed by atoms with Crippen molar-refractivity contribution in [2.45, 2.75) is 37.6 Å². The summed E-state index contributed by atoms with van der Waals surface area (Å²) in [7, 11) is 0. The molecule has 1 aromatic carbocycles. The molecule has 2 fully saturated rings. The number of anilines is 1. The molecule has 2 heterocycles. The number of carbonyl (C=O) groups is 2. The minimum absolute atomic E-state index is 0.0862. The lowest BCUT2D eigenvalue weighted by Gasteiger charge is -2.51. The van der Waals surface area contributed by atoms with Crippen molar-refractivity contribution in [2.24, 2.45) is 0 Å². The van der Waals surface area contributed by atoms with Crippen LogP contribution in [-0.2, 0) is 4.79 Å². The van der Waals surface area contributed by atoms with Crippen LogP contribution >= 0.6 is 0 Å². The number of carbonyl (C=O) groups excluding carboxylic acids is 2. The third kappa shape index (κ3) is 3.30. The molecule has 1 atom stereocenters. The molecule has 5 nitrogen and oxygen atoms in total. The Morgan fingerprint density at radius 1 is 1.25 bits per heavy atom. The summed E-state index contributed by atoms with van der Waals surface area (Å²) in [5.41, 5.74) is 0.570. The van der Waals surface area contributed by atoms with Crippen molar-refractivity contribution in [3.8, 4) is 0 Å². The summed E-state index contributed by atoms with van der Waals surface area (Å²) in [6, 6.07) is 9.40. The van der Waals surface area contributed by atoms with Crippen LogP contribution < -0.4 is 5.32 Å². The van der Waals surface area contributed by atoms with Crippen molar-refractivity contribution in [2.75, 3.05) is 25.0 Å². The lowest BCUT2D eigenvalue weighted by Crippen LogP contribution is -2.63. The maximum Gasteiger partial charge on any atom is 0.321 e. The van der Waals surface area contributed by atoms with Crippen LogP contribution in [0.15, 0.2) is 43.0 Å². The van der Waals surface area contributed by atoms with Gasteiger partial charge in [0.2, 0.25) is 5.91 Å². The molecule has 0 aliphatic carbocycles. The molecular formula is C19H25N3O2. The van der Waals surface area contributed by atoms with Crippen LogP contribution in [0.1, 0.15) is 32.1 Å². The van der Waals surface area contributed by atoms with Crippen molar-refractivity contribution < 1.29 is 9.59 Å². The summed E-state index contributed by atoms with van der Waals surface area (Å²) in [4.78, 5) is 28.8. The highest BCUT2D eigenvalue weighted by Crippen LogP contribution is 2.36. The number of piperidine rings is 2. The van der Waals surface area contributed by atoms with Crippen molar-refractivity contribution in [3.05, 3.63) is 43.0 Å². The van der Waals surface area contributed by atoms with Gasteiger partial charge in [0.1, 0.15) is 0 Å². The highest BCUT2D eigenvalue weighted by atomic mass is 16.2. The predicted molar refractivity (Wildman–Crippen MR) is 94.8 cm³/mol. The highest BCUT2D eigenvalue weighted by Gasteiger charge is 2.45. The number of rotatable bonds is 3. The van der Waals surface area contributed by atoms with Gasteiger partial charge in [0.25, 0.3) is 0 Å². The van der Waals surface area contributed by atoms with E-state index in [1.165, 1.54) is 0 Å². The molecule has 0 radical (unpaired) electrons. The Bertz CT molecular complexity index is 612. The fourth-order valence-electron chi connectivity index (χ4n) is 3.96. The summed E-state index contributed by atoms with van der Waals surface area (Å²) in [6.07, 6.45) is 6.13. The Morgan fingerprint density at radius 3 is 2.75 bits per heavy atom. The normalized spacial score (nSPS) is 24.1. The first-order valence-electron chi connectivity index (χ1n) is 8.67. The number of benzene rings is 1. The quantitative estimate of drug-likeness (QED) is 0.867. The van der Waals surface area contributed by atoms with Crippen LogP contribution in [0.5, 0.6) is 0 Å². The van der Waals surface area contributed by atoms with E-state index in [0.717, 1.165) is 37.9 Å². The van der Waals surface area contributed by atoms with E-state index in [4.69, 9.17) is 0 Å². The zero-order valence-electron chi connectivity index (χ0n) is 14.0. The molecule has 3 amide bonds. The molecule has 1 spiro atoms. The molecule has 3 rings (SSSR count). The topological polar surface area (TPSA) is 52.7 Å². The van der Waals surface area contributed by atoms with Crippen molar-refractivity contribution in [3.63, 3.8) is 0 Å². The second kappa shape index (κ2) is 7.07. The van der Waals surface area contributed by atoms with Gasteiger partial charge >= 0.3 is 6.03 Å². The summed E-state index contributed by atoms with van der Waals surface area (Å²) >= 11 is 0. The lowest BCUT2D eigenvalue weighted by atomic mass is 9.79. The molecule has 0 bridgehead atoms. The van der Waals surface area contributed by atoms with Gasteiger partial charge in [-0.2, -0.15) is 0 Å². The second-order valence-corrected chi connectivity index (χ2v) is 6.69. The molecule has 24 heavy (non-hydrogen) atoms. The van der Waals surface area contributed by atoms with Gasteiger partial charge in [0.15, 0.2) is 0 Å². The van der Waals surface area contributed by atoms with E-state index in [1.807, 2.05) is 40.1 Å². The monoisotopic (exact) mass is 327 g/mol. The van der Waals surface area contributed by atoms with E-state index in [2.05, 4.69) is 11.9 Å². The molecule has 1 N–H and O–H groups in total. The molecule has 2 aliphatic heterocycles. The number of hydrogen-bond acceptors (Lipinski definition) is 2. The SMILES string of the molecule is C=CCN1C(=O)CCCC12CCCN(C(=O)Nc1ccccc1)C2. The second-order valence-electron chi connectivity index (χ2n) is 6.69. The van der Waals surface area contributed by atoms with E-state index in [9.17, 15) is 9.59 Å². The molecule has 1 unspecified atom stereocenters. The third-order valence-corrected chi connectivity index (χ3v) is 5.09. The van der Waals surface area contributed by atoms with E-state index in [1.54, 1.807) is 6.08 Å². The largest absolute Gasteiger partial charge is 0.332 e. The zero-order valence-corrected chi connectivity index (χ0v) is 14.0. The summed E-state index contributed by atoms with van der Waals surface area (Å²) in [6.45, 7) is 5.69. The van der Waals surface area contributed by atoms with Crippen LogP contribution in [0.25, 0.3) is 0 Å². The molecule has 1 aromatic rings. The highest BCUT2D eigenvalue weighted by molar-refractivity contribution is 5.89. The smallest absolute Gasteiger partial charge is 0.321 e. The van der Waals surface area contributed by atoms with Gasteiger partial charge in [-0.3, -0.25) is 4.79 Å². The third-order valence-electron chi connectivity index (χ3n) is 5.09. The standard InChI is InChI=1S/C19H25N3O2/c1-2-13-22-17(23)10-6-11-19(22)12-7-14-21(15-19)18(24)20-16-8-4-3-5-9-16/h2-5,8-9H,1,6-7,10-15H2,(H,20,24). The van der Waals surface area contributed by atoms with Gasteiger partial charge in [0.05, 0.1) is 5.54 Å². The summed E-state index contributed by atoms with van der Waals surface area (Å²) in [5.74, 6) is 0.187. The minimum atomic E-state index is -0.226. The average Bonchev–Trinajstić information content (AvgIpc) is 2.59. The Morgan fingerprint density at radius 2 is 2.00 bits per heavy atom. The number of nitrogens with one attached hydrogen (secondary N) is 1. The van der Waals surface area contributed by atoms with Crippen LogP contribution in [0, 0.1) is 0 Å². The lowest BCUT2D eigenvalue weighted by molar-refractivity contribution is -0.143. The Labute approximate surface area is 143 Å². The Kier molecular flexibility index (Phi) is 4.88. The maximum absolute atomic E-state index is 12.6. The van der Waals surface area contributed by atoms with Gasteiger partial charge in [-0.1, -0.05) is 24.3 Å². The van der Waals surface area contributed by atoms with Crippen molar-refractivity contribution >= 4 is 17.6 Å². The summed E-state index contributed by atoms with van der Waals surface area (Å²) < 4.78 is 0. The number of hydrogen-bond donors (Lipinski definition) is 1. The number of nitrogens with zero attached hydrogens (tertiary/aromatic N) is 2. The Balaban J connectivity index is 1.74. The van der Waals surface area contributed by atoms with E-state index < -0.39 is 0 Å². The first kappa shape index (κ1) is 16.6. The van der Waals surface area contributed by atoms with Crippen LogP contribution in [-0.4, -0.2) is 46.9 Å². The van der Waals surface area contributed by atoms with Crippen LogP contribution in [0.3, 0.4) is 0 Å². The number of likely N-dealkylation sites (tertiary alicyclic amines) is 2. The van der Waals surface area contributed by atoms with Gasteiger partial charge in [0, 0.05) is 31.7 Å². The fraction of sp³-hybridized carbons (Fsp3) is 0.474. The van der Waals surface area contributed by atoms with Crippen molar-refractivity contribution in [1.82, 2.24) is 9.80 Å². The molecule has 0 saturated carbocycles. The molecular weight excluding hydrogens is 302 g/mol. The number of amides is 3. The van der Waals surface area contributed by atoms with Gasteiger partial charge < -0.3 is 15.1 Å². The molecule has 128 valence electrons. The van der Waals surface area contributed by atoms with E-state index >= 15 is 0 Å². The summed E-state index contributed by atoms with van der Waals surface area (Å²) in [5, 5.41) is 2.96.